The molecule has 1 aromatic heterocycles. The second-order valence-electron chi connectivity index (χ2n) is 25.8. The molecule has 2 saturated carbocycles. The van der Waals surface area contributed by atoms with Crippen LogP contribution in [0.15, 0.2) is 18.3 Å². The van der Waals surface area contributed by atoms with E-state index in [9.17, 15) is 15.0 Å². The molecule has 394 valence electrons. The van der Waals surface area contributed by atoms with Crippen molar-refractivity contribution in [1.29, 1.82) is 0 Å². The summed E-state index contributed by atoms with van der Waals surface area (Å²) in [6.45, 7) is 39.0. The molecule has 19 heteroatoms. The van der Waals surface area contributed by atoms with Crippen LogP contribution in [0.2, 0.25) is 54.4 Å². The molecule has 0 unspecified atom stereocenters. The molecule has 0 amide bonds. The van der Waals surface area contributed by atoms with Crippen LogP contribution in [0.1, 0.15) is 112 Å². The first kappa shape index (κ1) is 57.0. The zero-order valence-electron chi connectivity index (χ0n) is 45.6. The van der Waals surface area contributed by atoms with Gasteiger partial charge in [0.05, 0.1) is 54.1 Å². The van der Waals surface area contributed by atoms with Gasteiger partial charge in [-0.2, -0.15) is 11.8 Å². The van der Waals surface area contributed by atoms with E-state index in [4.69, 9.17) is 46.4 Å². The molecule has 0 aromatic carbocycles. The minimum Gasteiger partial charge on any atom is -0.465 e. The fraction of sp³-hybridized carbons (Fsp3) is 0.860. The topological polar surface area (TPSA) is 180 Å². The third-order valence-corrected chi connectivity index (χ3v) is 32.4. The minimum atomic E-state index is -2.96. The van der Waals surface area contributed by atoms with Crippen molar-refractivity contribution in [2.24, 2.45) is 17.3 Å². The number of esters is 2. The van der Waals surface area contributed by atoms with E-state index in [1.807, 2.05) is 20.8 Å². The van der Waals surface area contributed by atoms with Crippen molar-refractivity contribution in [3.05, 3.63) is 29.6 Å². The van der Waals surface area contributed by atoms with E-state index in [0.29, 0.717) is 17.2 Å². The Hall–Kier alpha value is -1.31. The first-order valence-corrected chi connectivity index (χ1v) is 34.6. The van der Waals surface area contributed by atoms with E-state index in [1.165, 1.54) is 14.2 Å². The van der Waals surface area contributed by atoms with Gasteiger partial charge in [-0.3, -0.25) is 9.78 Å². The number of nitrogens with zero attached hydrogens (tertiary/aromatic N) is 1. The average molecular weight is 1040 g/mol. The number of rotatable bonds is 15. The van der Waals surface area contributed by atoms with Gasteiger partial charge in [0, 0.05) is 43.3 Å². The summed E-state index contributed by atoms with van der Waals surface area (Å²) < 4.78 is 70.3. The molecule has 3 saturated heterocycles. The third-order valence-electron chi connectivity index (χ3n) is 17.8. The summed E-state index contributed by atoms with van der Waals surface area (Å²) in [4.78, 5) is 33.3. The van der Waals surface area contributed by atoms with Gasteiger partial charge >= 0.3 is 11.9 Å². The second kappa shape index (κ2) is 18.8. The highest BCUT2D eigenvalue weighted by Crippen LogP contribution is 2.72. The molecule has 2 bridgehead atoms. The number of aliphatic hydroxyl groups excluding tert-OH is 1. The maximum Gasteiger partial charge on any atom is 0.339 e. The molecular weight excluding hydrogens is 955 g/mol. The summed E-state index contributed by atoms with van der Waals surface area (Å²) in [7, 11) is -5.77. The highest BCUT2D eigenvalue weighted by Gasteiger charge is 2.90. The number of hydrogen-bond donors (Lipinski definition) is 2. The summed E-state index contributed by atoms with van der Waals surface area (Å²) in [5, 5.41) is 25.3. The van der Waals surface area contributed by atoms with Crippen LogP contribution in [-0.4, -0.2) is 157 Å². The van der Waals surface area contributed by atoms with Gasteiger partial charge in [-0.05, 0) is 94.2 Å². The number of hydrogen-bond acceptors (Lipinski definition) is 16. The van der Waals surface area contributed by atoms with Crippen molar-refractivity contribution < 1.29 is 66.2 Å². The highest BCUT2D eigenvalue weighted by molar-refractivity contribution is 7.99. The molecule has 2 aliphatic carbocycles. The number of carbonyl (C=O) groups excluding carboxylic acids is 2. The van der Waals surface area contributed by atoms with E-state index < -0.39 is 126 Å². The number of fused-ring (bicyclic) bond motifs is 4. The number of pyridine rings is 1. The molecule has 0 radical (unpaired) electrons. The Bertz CT molecular complexity index is 2050. The molecule has 2 N–H and O–H groups in total. The van der Waals surface area contributed by atoms with E-state index in [2.05, 4.69) is 107 Å². The van der Waals surface area contributed by atoms with E-state index in [0.717, 1.165) is 0 Å². The number of carbonyl (C=O) groups is 2. The maximum atomic E-state index is 15.5. The normalized spacial score (nSPS) is 37.1. The highest BCUT2D eigenvalue weighted by atomic mass is 32.2. The number of ether oxygens (including phenoxy) is 7. The Balaban J connectivity index is 1.73. The van der Waals surface area contributed by atoms with E-state index >= 15 is 4.79 Å². The lowest BCUT2D eigenvalue weighted by atomic mass is 9.45. The van der Waals surface area contributed by atoms with Gasteiger partial charge in [0.1, 0.15) is 36.3 Å². The van der Waals surface area contributed by atoms with Gasteiger partial charge in [0.25, 0.3) is 0 Å². The van der Waals surface area contributed by atoms with E-state index in [1.54, 1.807) is 37.0 Å². The van der Waals surface area contributed by atoms with Gasteiger partial charge in [-0.25, -0.2) is 4.79 Å². The van der Waals surface area contributed by atoms with Crippen molar-refractivity contribution >= 4 is 48.7 Å². The van der Waals surface area contributed by atoms with Crippen LogP contribution in [0.5, 0.6) is 0 Å². The van der Waals surface area contributed by atoms with Crippen LogP contribution >= 0.6 is 11.8 Å². The van der Waals surface area contributed by atoms with Gasteiger partial charge in [-0.15, -0.1) is 0 Å². The molecule has 69 heavy (non-hydrogen) atoms. The summed E-state index contributed by atoms with van der Waals surface area (Å²) in [5.74, 6) is -3.52. The molecule has 3 aliphatic heterocycles. The smallest absolute Gasteiger partial charge is 0.339 e. The minimum absolute atomic E-state index is 0.0596. The van der Waals surface area contributed by atoms with Crippen molar-refractivity contribution in [2.75, 3.05) is 45.7 Å². The lowest BCUT2D eigenvalue weighted by molar-refractivity contribution is -0.384. The number of aliphatic hydroxyl groups is 2. The molecule has 13 atom stereocenters. The van der Waals surface area contributed by atoms with Crippen LogP contribution in [0.25, 0.3) is 0 Å². The second-order valence-corrected chi connectivity index (χ2v) is 41.2. The first-order valence-electron chi connectivity index (χ1n) is 24.7. The van der Waals surface area contributed by atoms with Gasteiger partial charge < -0.3 is 56.6 Å². The lowest BCUT2D eigenvalue weighted by Crippen LogP contribution is -2.89. The summed E-state index contributed by atoms with van der Waals surface area (Å²) in [6.07, 6.45) is -4.88. The standard InChI is InChI=1S/C50H87NO14SSi3/c1-43(2,3)67(16,17)59-28-49-39-35(61-46(10,11)62-39)33-37(58-29-56-14)50(49,65-47(33,12)27-52)48(13,55)38(36(63-68(18,19)44(4,5)6)40(49)64-69(20,21)45(7,8)9)60-42(54)32-26-66-25-31(32)34-30(41(53)57-15)23-22-24-51-34/h22-24,31-33,35-40,52,55H,25-29H2,1-21H3/t31-,32-,33+,35+,36-,37+,38-,39+,40-,47-,48-,49+,50-/m0/s1. The van der Waals surface area contributed by atoms with Crippen molar-refractivity contribution in [3.8, 4) is 0 Å². The molecule has 6 rings (SSSR count). The number of methoxy groups -OCH3 is 2. The van der Waals surface area contributed by atoms with Gasteiger partial charge in [0.15, 0.2) is 36.8 Å². The molecule has 1 spiro atoms. The fourth-order valence-electron chi connectivity index (χ4n) is 10.9. The summed E-state index contributed by atoms with van der Waals surface area (Å²) in [5.41, 5.74) is -6.43. The molecule has 1 aromatic rings. The van der Waals surface area contributed by atoms with Crippen LogP contribution < -0.4 is 0 Å². The Kier molecular flexibility index (Phi) is 15.5. The quantitative estimate of drug-likeness (QED) is 0.0970. The summed E-state index contributed by atoms with van der Waals surface area (Å²) in [6, 6.07) is 3.32. The SMILES string of the molecule is COCO[C@@H]1[C@H]2[C@H]3OC(C)(C)O[C@H]3[C@]3(CO[Si](C)(C)C(C)(C)C)[C@@H](O[Si](C)(C)C(C)(C)C)[C@@H](O[Si](C)(C)C(C)(C)C)[C@H](OC(=O)[C@H]4CSC[C@@H]4c4ncccc4C(=O)OC)[C@](C)(O)[C@@]13O[C@@]2(C)CO. The van der Waals surface area contributed by atoms with Crippen LogP contribution in [-0.2, 0) is 51.2 Å². The monoisotopic (exact) mass is 1040 g/mol. The van der Waals surface area contributed by atoms with Crippen LogP contribution in [0, 0.1) is 17.3 Å². The Morgan fingerprint density at radius 1 is 0.841 bits per heavy atom. The summed E-state index contributed by atoms with van der Waals surface area (Å²) >= 11 is 1.56. The molecule has 5 fully saturated rings. The first-order chi connectivity index (χ1) is 31.4. The average Bonchev–Trinajstić information content (AvgIpc) is 3.90. The Morgan fingerprint density at radius 3 is 1.99 bits per heavy atom. The van der Waals surface area contributed by atoms with Crippen LogP contribution in [0.3, 0.4) is 0 Å². The zero-order valence-corrected chi connectivity index (χ0v) is 49.4. The number of aromatic nitrogens is 1. The largest absolute Gasteiger partial charge is 0.465 e. The fourth-order valence-corrected chi connectivity index (χ4v) is 15.9. The predicted octanol–water partition coefficient (Wildman–Crippen LogP) is 8.44. The maximum absolute atomic E-state index is 15.5. The number of thioether (sulfide) groups is 1. The van der Waals surface area contributed by atoms with Crippen molar-refractivity contribution in [1.82, 2.24) is 4.98 Å². The van der Waals surface area contributed by atoms with Gasteiger partial charge in [0.2, 0.25) is 0 Å². The molecular formula is C50H87NO14SSi3. The lowest BCUT2D eigenvalue weighted by Gasteiger charge is -2.70. The Labute approximate surface area is 420 Å². The van der Waals surface area contributed by atoms with Crippen molar-refractivity contribution in [2.45, 2.75) is 210 Å². The molecule has 4 heterocycles. The van der Waals surface area contributed by atoms with E-state index in [-0.39, 0.29) is 34.1 Å². The zero-order chi connectivity index (χ0) is 52.1. The molecule has 15 nitrogen and oxygen atoms in total. The predicted molar refractivity (Wildman–Crippen MR) is 273 cm³/mol. The van der Waals surface area contributed by atoms with Crippen LogP contribution in [0.4, 0.5) is 0 Å². The van der Waals surface area contributed by atoms with Crippen molar-refractivity contribution in [3.63, 3.8) is 0 Å². The Morgan fingerprint density at radius 2 is 1.43 bits per heavy atom. The van der Waals surface area contributed by atoms with Gasteiger partial charge in [-0.1, -0.05) is 62.3 Å². The third kappa shape index (κ3) is 9.36. The molecule has 5 aliphatic rings.